The van der Waals surface area contributed by atoms with Crippen LogP contribution in [0.25, 0.3) is 0 Å². The number of rotatable bonds is 12. The van der Waals surface area contributed by atoms with Gasteiger partial charge in [-0.15, -0.1) is 0 Å². The van der Waals surface area contributed by atoms with Crippen molar-refractivity contribution in [3.8, 4) is 0 Å². The molecule has 0 radical (unpaired) electrons. The summed E-state index contributed by atoms with van der Waals surface area (Å²) >= 11 is 0. The molecule has 1 aliphatic carbocycles. The summed E-state index contributed by atoms with van der Waals surface area (Å²) in [5.41, 5.74) is 0.137. The lowest BCUT2D eigenvalue weighted by Crippen LogP contribution is -2.34. The second-order valence-electron chi connectivity index (χ2n) is 7.24. The molecule has 0 aromatic rings. The van der Waals surface area contributed by atoms with Crippen LogP contribution in [0.15, 0.2) is 11.6 Å². The highest BCUT2D eigenvalue weighted by molar-refractivity contribution is 5.83. The molecular formula is C21H38O3. The Morgan fingerprint density at radius 3 is 2.12 bits per heavy atom. The number of esters is 1. The highest BCUT2D eigenvalue weighted by atomic mass is 16.5. The number of aliphatic hydroxyl groups is 1. The van der Waals surface area contributed by atoms with Crippen molar-refractivity contribution in [3.05, 3.63) is 11.6 Å². The maximum atomic E-state index is 11.9. The van der Waals surface area contributed by atoms with Gasteiger partial charge < -0.3 is 9.84 Å². The molecule has 1 saturated carbocycles. The van der Waals surface area contributed by atoms with Crippen molar-refractivity contribution >= 4 is 5.97 Å². The molecule has 0 aliphatic heterocycles. The van der Waals surface area contributed by atoms with Gasteiger partial charge in [0.2, 0.25) is 0 Å². The van der Waals surface area contributed by atoms with Crippen LogP contribution in [0.2, 0.25) is 0 Å². The molecule has 3 heteroatoms. The molecule has 0 heterocycles. The molecular weight excluding hydrogens is 300 g/mol. The number of unbranched alkanes of at least 4 members (excludes halogenated alkanes) is 7. The van der Waals surface area contributed by atoms with Crippen molar-refractivity contribution in [1.82, 2.24) is 0 Å². The summed E-state index contributed by atoms with van der Waals surface area (Å²) in [7, 11) is 0. The van der Waals surface area contributed by atoms with Crippen LogP contribution in [0.4, 0.5) is 0 Å². The van der Waals surface area contributed by atoms with E-state index >= 15 is 0 Å². The summed E-state index contributed by atoms with van der Waals surface area (Å²) in [5, 5.41) is 11.0. The molecule has 1 fully saturated rings. The average Bonchev–Trinajstić information content (AvgIpc) is 2.57. The Balaban J connectivity index is 2.43. The number of carbonyl (C=O) groups is 1. The molecule has 0 spiro atoms. The van der Waals surface area contributed by atoms with Gasteiger partial charge in [-0.2, -0.15) is 0 Å². The van der Waals surface area contributed by atoms with Crippen LogP contribution < -0.4 is 0 Å². The van der Waals surface area contributed by atoms with Crippen LogP contribution in [0.1, 0.15) is 104 Å². The van der Waals surface area contributed by atoms with Crippen LogP contribution >= 0.6 is 0 Å². The molecule has 0 bridgehead atoms. The highest BCUT2D eigenvalue weighted by Gasteiger charge is 2.33. The van der Waals surface area contributed by atoms with Crippen LogP contribution in [0, 0.1) is 0 Å². The van der Waals surface area contributed by atoms with Crippen molar-refractivity contribution in [2.45, 2.75) is 109 Å². The van der Waals surface area contributed by atoms with Crippen LogP contribution in [0.5, 0.6) is 0 Å². The third-order valence-corrected chi connectivity index (χ3v) is 5.16. The Kier molecular flexibility index (Phi) is 11.1. The van der Waals surface area contributed by atoms with E-state index in [4.69, 9.17) is 4.74 Å². The first-order valence-corrected chi connectivity index (χ1v) is 10.2. The van der Waals surface area contributed by atoms with E-state index in [1.807, 2.05) is 6.92 Å². The second-order valence-corrected chi connectivity index (χ2v) is 7.24. The molecule has 1 aliphatic rings. The summed E-state index contributed by atoms with van der Waals surface area (Å²) in [6, 6.07) is 0. The SMILES string of the molecule is CCCCCCCCCCC(=CC(=O)OCC)C1(O)CCCCC1. The Labute approximate surface area is 148 Å². The lowest BCUT2D eigenvalue weighted by Gasteiger charge is -2.34. The van der Waals surface area contributed by atoms with Gasteiger partial charge in [-0.25, -0.2) is 4.79 Å². The van der Waals surface area contributed by atoms with Crippen LogP contribution in [-0.2, 0) is 9.53 Å². The smallest absolute Gasteiger partial charge is 0.330 e. The highest BCUT2D eigenvalue weighted by Crippen LogP contribution is 2.36. The van der Waals surface area contributed by atoms with Gasteiger partial charge in [-0.05, 0) is 38.2 Å². The molecule has 24 heavy (non-hydrogen) atoms. The van der Waals surface area contributed by atoms with Gasteiger partial charge in [0.05, 0.1) is 12.2 Å². The van der Waals surface area contributed by atoms with E-state index in [-0.39, 0.29) is 5.97 Å². The van der Waals surface area contributed by atoms with Crippen molar-refractivity contribution in [3.63, 3.8) is 0 Å². The minimum atomic E-state index is -0.772. The summed E-state index contributed by atoms with van der Waals surface area (Å²) in [6.45, 7) is 4.45. The number of carbonyl (C=O) groups excluding carboxylic acids is 1. The molecule has 3 nitrogen and oxygen atoms in total. The zero-order valence-corrected chi connectivity index (χ0v) is 15.9. The number of ether oxygens (including phenoxy) is 1. The molecule has 0 atom stereocenters. The van der Waals surface area contributed by atoms with Crippen LogP contribution in [-0.4, -0.2) is 23.3 Å². The van der Waals surface area contributed by atoms with E-state index in [9.17, 15) is 9.90 Å². The van der Waals surface area contributed by atoms with E-state index in [0.29, 0.717) is 6.61 Å². The second kappa shape index (κ2) is 12.5. The Morgan fingerprint density at radius 1 is 0.958 bits per heavy atom. The van der Waals surface area contributed by atoms with E-state index in [2.05, 4.69) is 6.92 Å². The molecule has 1 N–H and O–H groups in total. The van der Waals surface area contributed by atoms with Gasteiger partial charge in [0.25, 0.3) is 0 Å². The van der Waals surface area contributed by atoms with Crippen molar-refractivity contribution in [2.24, 2.45) is 0 Å². The monoisotopic (exact) mass is 338 g/mol. The quantitative estimate of drug-likeness (QED) is 0.282. The molecule has 0 unspecified atom stereocenters. The standard InChI is InChI=1S/C21H38O3/c1-3-5-6-7-8-9-10-12-15-19(18-20(22)24-4-2)21(23)16-13-11-14-17-21/h18,23H,3-17H2,1-2H3. The molecule has 140 valence electrons. The lowest BCUT2D eigenvalue weighted by molar-refractivity contribution is -0.137. The Morgan fingerprint density at radius 2 is 1.54 bits per heavy atom. The van der Waals surface area contributed by atoms with Crippen molar-refractivity contribution < 1.29 is 14.6 Å². The Bertz CT molecular complexity index is 367. The summed E-state index contributed by atoms with van der Waals surface area (Å²) in [5.74, 6) is -0.300. The summed E-state index contributed by atoms with van der Waals surface area (Å²) < 4.78 is 5.06. The minimum Gasteiger partial charge on any atom is -0.463 e. The molecule has 0 aromatic carbocycles. The third kappa shape index (κ3) is 8.32. The minimum absolute atomic E-state index is 0.300. The fourth-order valence-corrected chi connectivity index (χ4v) is 3.67. The fraction of sp³-hybridized carbons (Fsp3) is 0.857. The van der Waals surface area contributed by atoms with E-state index in [0.717, 1.165) is 44.1 Å². The van der Waals surface area contributed by atoms with Gasteiger partial charge >= 0.3 is 5.97 Å². The summed E-state index contributed by atoms with van der Waals surface area (Å²) in [6.07, 6.45) is 17.4. The van der Waals surface area contributed by atoms with Crippen molar-refractivity contribution in [1.29, 1.82) is 0 Å². The first-order valence-electron chi connectivity index (χ1n) is 10.2. The van der Waals surface area contributed by atoms with Crippen LogP contribution in [0.3, 0.4) is 0 Å². The van der Waals surface area contributed by atoms with E-state index in [1.165, 1.54) is 51.4 Å². The third-order valence-electron chi connectivity index (χ3n) is 5.16. The fourth-order valence-electron chi connectivity index (χ4n) is 3.67. The van der Waals surface area contributed by atoms with Gasteiger partial charge in [0, 0.05) is 6.08 Å². The predicted molar refractivity (Wildman–Crippen MR) is 100.0 cm³/mol. The van der Waals surface area contributed by atoms with E-state index < -0.39 is 5.60 Å². The van der Waals surface area contributed by atoms with E-state index in [1.54, 1.807) is 6.08 Å². The first-order chi connectivity index (χ1) is 11.6. The van der Waals surface area contributed by atoms with Gasteiger partial charge in [0.1, 0.15) is 0 Å². The molecule has 0 amide bonds. The van der Waals surface area contributed by atoms with Gasteiger partial charge in [-0.3, -0.25) is 0 Å². The predicted octanol–water partition coefficient (Wildman–Crippen LogP) is 5.70. The van der Waals surface area contributed by atoms with Gasteiger partial charge in [0.15, 0.2) is 0 Å². The maximum absolute atomic E-state index is 11.9. The first kappa shape index (κ1) is 21.2. The molecule has 0 aromatic heterocycles. The molecule has 0 saturated heterocycles. The normalized spacial score (nSPS) is 17.7. The topological polar surface area (TPSA) is 46.5 Å². The maximum Gasteiger partial charge on any atom is 0.330 e. The van der Waals surface area contributed by atoms with Crippen molar-refractivity contribution in [2.75, 3.05) is 6.61 Å². The largest absolute Gasteiger partial charge is 0.463 e. The Hall–Kier alpha value is -0.830. The summed E-state index contributed by atoms with van der Waals surface area (Å²) in [4.78, 5) is 11.9. The number of hydrogen-bond acceptors (Lipinski definition) is 3. The zero-order valence-electron chi connectivity index (χ0n) is 15.9. The zero-order chi connectivity index (χ0) is 17.7. The van der Waals surface area contributed by atoms with Gasteiger partial charge in [-0.1, -0.05) is 71.1 Å². The molecule has 1 rings (SSSR count). The number of hydrogen-bond donors (Lipinski definition) is 1. The average molecular weight is 339 g/mol. The lowest BCUT2D eigenvalue weighted by atomic mass is 9.77.